The van der Waals surface area contributed by atoms with Crippen LogP contribution < -0.4 is 10.5 Å². The van der Waals surface area contributed by atoms with E-state index >= 15 is 0 Å². The van der Waals surface area contributed by atoms with Gasteiger partial charge < -0.3 is 10.5 Å². The van der Waals surface area contributed by atoms with Crippen LogP contribution in [0.1, 0.15) is 25.8 Å². The Kier molecular flexibility index (Phi) is 4.30. The van der Waals surface area contributed by atoms with E-state index in [1.54, 1.807) is 0 Å². The summed E-state index contributed by atoms with van der Waals surface area (Å²) in [6.45, 7) is 6.75. The van der Waals surface area contributed by atoms with Crippen molar-refractivity contribution in [2.75, 3.05) is 6.61 Å². The van der Waals surface area contributed by atoms with Gasteiger partial charge in [0.15, 0.2) is 0 Å². The summed E-state index contributed by atoms with van der Waals surface area (Å²) in [5.74, 6) is 0.902. The van der Waals surface area contributed by atoms with Crippen LogP contribution in [0, 0.1) is 12.3 Å². The molecule has 0 amide bonds. The molecule has 88 valence electrons. The standard InChI is InChI=1S/C13H19NOS/c1-10-5-4-6-11(9-10)15-8-7-13(2,3)12(14)16/h4-6,9H,7-8H2,1-3H3,(H2,14,16). The highest BCUT2D eigenvalue weighted by atomic mass is 32.1. The Morgan fingerprint density at radius 1 is 1.44 bits per heavy atom. The fraction of sp³-hybridized carbons (Fsp3) is 0.462. The lowest BCUT2D eigenvalue weighted by Crippen LogP contribution is -2.31. The van der Waals surface area contributed by atoms with Crippen molar-refractivity contribution < 1.29 is 4.74 Å². The fourth-order valence-corrected chi connectivity index (χ4v) is 1.35. The molecule has 1 rings (SSSR count). The second-order valence-electron chi connectivity index (χ2n) is 4.66. The maximum absolute atomic E-state index is 5.66. The van der Waals surface area contributed by atoms with Gasteiger partial charge in [-0.25, -0.2) is 0 Å². The van der Waals surface area contributed by atoms with Crippen molar-refractivity contribution in [3.8, 4) is 5.75 Å². The summed E-state index contributed by atoms with van der Waals surface area (Å²) in [4.78, 5) is 0.542. The van der Waals surface area contributed by atoms with Gasteiger partial charge >= 0.3 is 0 Å². The van der Waals surface area contributed by atoms with Crippen molar-refractivity contribution in [2.24, 2.45) is 11.1 Å². The number of ether oxygens (including phenoxy) is 1. The van der Waals surface area contributed by atoms with Crippen LogP contribution in [0.2, 0.25) is 0 Å². The minimum Gasteiger partial charge on any atom is -0.494 e. The van der Waals surface area contributed by atoms with Crippen LogP contribution in [0.4, 0.5) is 0 Å². The largest absolute Gasteiger partial charge is 0.494 e. The van der Waals surface area contributed by atoms with Gasteiger partial charge in [-0.05, 0) is 31.0 Å². The third kappa shape index (κ3) is 3.81. The topological polar surface area (TPSA) is 35.2 Å². The van der Waals surface area contributed by atoms with E-state index in [9.17, 15) is 0 Å². The zero-order chi connectivity index (χ0) is 12.2. The summed E-state index contributed by atoms with van der Waals surface area (Å²) in [5.41, 5.74) is 6.71. The van der Waals surface area contributed by atoms with Crippen LogP contribution in [-0.2, 0) is 0 Å². The summed E-state index contributed by atoms with van der Waals surface area (Å²) in [5, 5.41) is 0. The molecule has 1 aromatic carbocycles. The van der Waals surface area contributed by atoms with Crippen molar-refractivity contribution >= 4 is 17.2 Å². The molecule has 0 bridgehead atoms. The predicted octanol–water partition coefficient (Wildman–Crippen LogP) is 3.08. The zero-order valence-electron chi connectivity index (χ0n) is 10.1. The van der Waals surface area contributed by atoms with E-state index < -0.39 is 0 Å². The molecule has 0 unspecified atom stereocenters. The molecule has 2 nitrogen and oxygen atoms in total. The van der Waals surface area contributed by atoms with Crippen molar-refractivity contribution in [1.82, 2.24) is 0 Å². The normalized spacial score (nSPS) is 11.2. The van der Waals surface area contributed by atoms with Crippen molar-refractivity contribution in [3.05, 3.63) is 29.8 Å². The lowest BCUT2D eigenvalue weighted by atomic mass is 9.90. The molecule has 0 atom stereocenters. The molecule has 3 heteroatoms. The number of benzene rings is 1. The summed E-state index contributed by atoms with van der Waals surface area (Å²) in [7, 11) is 0. The Bertz CT molecular complexity index is 374. The first-order valence-corrected chi connectivity index (χ1v) is 5.82. The van der Waals surface area contributed by atoms with E-state index in [1.165, 1.54) is 5.56 Å². The molecule has 0 heterocycles. The Hall–Kier alpha value is -1.09. The predicted molar refractivity (Wildman–Crippen MR) is 71.9 cm³/mol. The first-order chi connectivity index (χ1) is 7.42. The van der Waals surface area contributed by atoms with E-state index in [2.05, 4.69) is 0 Å². The van der Waals surface area contributed by atoms with Crippen LogP contribution in [0.15, 0.2) is 24.3 Å². The Morgan fingerprint density at radius 2 is 2.12 bits per heavy atom. The summed E-state index contributed by atoms with van der Waals surface area (Å²) in [6.07, 6.45) is 0.830. The third-order valence-corrected chi connectivity index (χ3v) is 3.20. The minimum absolute atomic E-state index is 0.140. The number of hydrogen-bond acceptors (Lipinski definition) is 2. The number of thiocarbonyl (C=S) groups is 1. The Balaban J connectivity index is 2.45. The van der Waals surface area contributed by atoms with E-state index in [4.69, 9.17) is 22.7 Å². The van der Waals surface area contributed by atoms with Crippen molar-refractivity contribution in [1.29, 1.82) is 0 Å². The minimum atomic E-state index is -0.140. The molecule has 0 radical (unpaired) electrons. The van der Waals surface area contributed by atoms with Crippen molar-refractivity contribution in [3.63, 3.8) is 0 Å². The summed E-state index contributed by atoms with van der Waals surface area (Å²) in [6, 6.07) is 8.02. The third-order valence-electron chi connectivity index (χ3n) is 2.65. The SMILES string of the molecule is Cc1cccc(OCCC(C)(C)C(N)=S)c1. The number of nitrogens with two attached hydrogens (primary N) is 1. The molecule has 0 aromatic heterocycles. The molecule has 1 aromatic rings. The first kappa shape index (κ1) is 13.0. The maximum atomic E-state index is 5.66. The molecule has 0 saturated carbocycles. The van der Waals surface area contributed by atoms with Gasteiger partial charge in [0.25, 0.3) is 0 Å². The average molecular weight is 237 g/mol. The molecule has 0 aliphatic carbocycles. The van der Waals surface area contributed by atoms with Crippen LogP contribution >= 0.6 is 12.2 Å². The van der Waals surface area contributed by atoms with Gasteiger partial charge in [0.2, 0.25) is 0 Å². The molecule has 2 N–H and O–H groups in total. The number of aryl methyl sites for hydroxylation is 1. The number of rotatable bonds is 5. The quantitative estimate of drug-likeness (QED) is 0.799. The maximum Gasteiger partial charge on any atom is 0.119 e. The first-order valence-electron chi connectivity index (χ1n) is 5.41. The number of hydrogen-bond donors (Lipinski definition) is 1. The van der Waals surface area contributed by atoms with Gasteiger partial charge in [0.05, 0.1) is 11.6 Å². The zero-order valence-corrected chi connectivity index (χ0v) is 10.9. The highest BCUT2D eigenvalue weighted by Gasteiger charge is 2.20. The average Bonchev–Trinajstić information content (AvgIpc) is 2.17. The molecule has 0 aliphatic heterocycles. The lowest BCUT2D eigenvalue weighted by molar-refractivity contribution is 0.270. The summed E-state index contributed by atoms with van der Waals surface area (Å²) >= 11 is 5.00. The van der Waals surface area contributed by atoms with Gasteiger partial charge in [-0.2, -0.15) is 0 Å². The second-order valence-corrected chi connectivity index (χ2v) is 5.10. The van der Waals surface area contributed by atoms with E-state index in [0.29, 0.717) is 11.6 Å². The Labute approximate surface area is 103 Å². The van der Waals surface area contributed by atoms with E-state index in [-0.39, 0.29) is 5.41 Å². The van der Waals surface area contributed by atoms with Crippen molar-refractivity contribution in [2.45, 2.75) is 27.2 Å². The smallest absolute Gasteiger partial charge is 0.119 e. The summed E-state index contributed by atoms with van der Waals surface area (Å²) < 4.78 is 5.66. The molecular weight excluding hydrogens is 218 g/mol. The monoisotopic (exact) mass is 237 g/mol. The van der Waals surface area contributed by atoms with E-state index in [1.807, 2.05) is 45.0 Å². The molecule has 16 heavy (non-hydrogen) atoms. The fourth-order valence-electron chi connectivity index (χ4n) is 1.25. The van der Waals surface area contributed by atoms with Crippen LogP contribution in [0.3, 0.4) is 0 Å². The molecule has 0 saturated heterocycles. The van der Waals surface area contributed by atoms with Gasteiger partial charge in [0, 0.05) is 5.41 Å². The van der Waals surface area contributed by atoms with Crippen LogP contribution in [0.25, 0.3) is 0 Å². The highest BCUT2D eigenvalue weighted by molar-refractivity contribution is 7.80. The van der Waals surface area contributed by atoms with E-state index in [0.717, 1.165) is 12.2 Å². The molecule has 0 spiro atoms. The van der Waals surface area contributed by atoms with Gasteiger partial charge in [-0.15, -0.1) is 0 Å². The molecular formula is C13H19NOS. The van der Waals surface area contributed by atoms with Crippen LogP contribution in [0.5, 0.6) is 5.75 Å². The van der Waals surface area contributed by atoms with Crippen LogP contribution in [-0.4, -0.2) is 11.6 Å². The molecule has 0 aliphatic rings. The lowest BCUT2D eigenvalue weighted by Gasteiger charge is -2.22. The molecule has 0 fully saturated rings. The van der Waals surface area contributed by atoms with Gasteiger partial charge in [-0.1, -0.05) is 38.2 Å². The van der Waals surface area contributed by atoms with Gasteiger partial charge in [0.1, 0.15) is 5.75 Å². The Morgan fingerprint density at radius 3 is 2.69 bits per heavy atom. The van der Waals surface area contributed by atoms with Gasteiger partial charge in [-0.3, -0.25) is 0 Å². The second kappa shape index (κ2) is 5.30. The highest BCUT2D eigenvalue weighted by Crippen LogP contribution is 2.21.